The van der Waals surface area contributed by atoms with Crippen molar-refractivity contribution in [1.29, 1.82) is 0 Å². The van der Waals surface area contributed by atoms with Crippen LogP contribution in [0.1, 0.15) is 18.4 Å². The van der Waals surface area contributed by atoms with Gasteiger partial charge in [-0.15, -0.1) is 0 Å². The molecule has 0 saturated carbocycles. The molecule has 0 aliphatic carbocycles. The molecule has 1 N–H and O–H groups in total. The zero-order valence-electron chi connectivity index (χ0n) is 13.5. The molecule has 2 atom stereocenters. The molecule has 6 nitrogen and oxygen atoms in total. The monoisotopic (exact) mass is 337 g/mol. The van der Waals surface area contributed by atoms with Crippen LogP contribution in [-0.4, -0.2) is 57.4 Å². The Labute approximate surface area is 137 Å². The summed E-state index contributed by atoms with van der Waals surface area (Å²) in [5, 5.41) is 0. The molecule has 3 saturated heterocycles. The summed E-state index contributed by atoms with van der Waals surface area (Å²) in [6.45, 7) is 2.42. The van der Waals surface area contributed by atoms with E-state index in [0.717, 1.165) is 38.0 Å². The van der Waals surface area contributed by atoms with Gasteiger partial charge in [0.2, 0.25) is 15.9 Å². The minimum atomic E-state index is -3.39. The first-order valence-electron chi connectivity index (χ1n) is 7.92. The zero-order chi connectivity index (χ0) is 16.6. The predicted molar refractivity (Wildman–Crippen MR) is 87.2 cm³/mol. The Kier molecular flexibility index (Phi) is 4.44. The Balaban J connectivity index is 1.72. The first-order valence-corrected chi connectivity index (χ1v) is 9.40. The van der Waals surface area contributed by atoms with Gasteiger partial charge in [0.05, 0.1) is 10.8 Å². The second-order valence-electron chi connectivity index (χ2n) is 6.42. The maximum absolute atomic E-state index is 12.2. The molecular formula is C16H23N3O3S. The van der Waals surface area contributed by atoms with Gasteiger partial charge in [-0.25, -0.2) is 13.1 Å². The van der Waals surface area contributed by atoms with E-state index < -0.39 is 10.0 Å². The van der Waals surface area contributed by atoms with Gasteiger partial charge in [0.15, 0.2) is 0 Å². The number of hydrogen-bond acceptors (Lipinski definition) is 4. The largest absolute Gasteiger partial charge is 0.341 e. The van der Waals surface area contributed by atoms with E-state index in [1.807, 2.05) is 24.1 Å². The molecule has 126 valence electrons. The second-order valence-corrected chi connectivity index (χ2v) is 8.31. The summed E-state index contributed by atoms with van der Waals surface area (Å²) in [5.41, 5.74) is 1.07. The first kappa shape index (κ1) is 16.4. The summed E-state index contributed by atoms with van der Waals surface area (Å²) in [7, 11) is -0.0816. The van der Waals surface area contributed by atoms with Crippen molar-refractivity contribution < 1.29 is 13.2 Å². The topological polar surface area (TPSA) is 69.7 Å². The molecule has 0 spiro atoms. The van der Waals surface area contributed by atoms with E-state index in [1.165, 1.54) is 7.05 Å². The number of benzene rings is 1. The SMILES string of the molecule is CNS(=O)(=O)c1ccc(CN2C[C@@H]3CC[C@H](C2)N(C)C3=O)cc1. The van der Waals surface area contributed by atoms with E-state index in [1.54, 1.807) is 12.1 Å². The van der Waals surface area contributed by atoms with Crippen LogP contribution in [0.3, 0.4) is 0 Å². The number of carbonyl (C=O) groups is 1. The number of carbonyl (C=O) groups excluding carboxylic acids is 1. The average molecular weight is 337 g/mol. The van der Waals surface area contributed by atoms with Crippen molar-refractivity contribution in [2.75, 3.05) is 27.2 Å². The lowest BCUT2D eigenvalue weighted by Crippen LogP contribution is -2.45. The fourth-order valence-electron chi connectivity index (χ4n) is 3.53. The quantitative estimate of drug-likeness (QED) is 0.876. The van der Waals surface area contributed by atoms with Gasteiger partial charge in [-0.05, 0) is 37.6 Å². The fraction of sp³-hybridized carbons (Fsp3) is 0.562. The number of likely N-dealkylation sites (N-methyl/N-ethyl adjacent to an activating group) is 1. The maximum Gasteiger partial charge on any atom is 0.240 e. The van der Waals surface area contributed by atoms with E-state index in [0.29, 0.717) is 6.04 Å². The highest BCUT2D eigenvalue weighted by Gasteiger charge is 2.38. The summed E-state index contributed by atoms with van der Waals surface area (Å²) in [5.74, 6) is 0.363. The minimum absolute atomic E-state index is 0.0997. The highest BCUT2D eigenvalue weighted by Crippen LogP contribution is 2.28. The van der Waals surface area contributed by atoms with Gasteiger partial charge < -0.3 is 4.90 Å². The number of rotatable bonds is 4. The summed E-state index contributed by atoms with van der Waals surface area (Å²) >= 11 is 0. The van der Waals surface area contributed by atoms with Gasteiger partial charge >= 0.3 is 0 Å². The summed E-state index contributed by atoms with van der Waals surface area (Å²) in [6.07, 6.45) is 2.05. The summed E-state index contributed by atoms with van der Waals surface area (Å²) in [4.78, 5) is 16.7. The molecule has 23 heavy (non-hydrogen) atoms. The van der Waals surface area contributed by atoms with E-state index >= 15 is 0 Å². The van der Waals surface area contributed by atoms with Gasteiger partial charge in [0.25, 0.3) is 0 Å². The minimum Gasteiger partial charge on any atom is -0.341 e. The lowest BCUT2D eigenvalue weighted by Gasteiger charge is -2.32. The molecule has 3 aliphatic heterocycles. The molecule has 4 rings (SSSR count). The van der Waals surface area contributed by atoms with Crippen molar-refractivity contribution in [3.8, 4) is 0 Å². The molecule has 3 aliphatic rings. The molecule has 1 aromatic rings. The number of amides is 1. The third kappa shape index (κ3) is 3.27. The van der Waals surface area contributed by atoms with Gasteiger partial charge in [-0.2, -0.15) is 0 Å². The molecule has 1 amide bonds. The van der Waals surface area contributed by atoms with Gasteiger partial charge in [-0.3, -0.25) is 9.69 Å². The van der Waals surface area contributed by atoms with Gasteiger partial charge in [0.1, 0.15) is 0 Å². The van der Waals surface area contributed by atoms with Crippen molar-refractivity contribution in [2.24, 2.45) is 5.92 Å². The summed E-state index contributed by atoms with van der Waals surface area (Å²) in [6, 6.07) is 7.26. The van der Waals surface area contributed by atoms with Crippen molar-refractivity contribution >= 4 is 15.9 Å². The molecule has 1 aromatic carbocycles. The Bertz CT molecular complexity index is 687. The lowest BCUT2D eigenvalue weighted by atomic mass is 9.95. The highest BCUT2D eigenvalue weighted by atomic mass is 32.2. The van der Waals surface area contributed by atoms with Crippen LogP contribution in [-0.2, 0) is 21.4 Å². The molecule has 0 aromatic heterocycles. The number of piperidine rings is 1. The molecule has 2 bridgehead atoms. The lowest BCUT2D eigenvalue weighted by molar-refractivity contribution is -0.138. The normalized spacial score (nSPS) is 25.7. The highest BCUT2D eigenvalue weighted by molar-refractivity contribution is 7.89. The van der Waals surface area contributed by atoms with Crippen LogP contribution in [0.15, 0.2) is 29.2 Å². The molecular weight excluding hydrogens is 314 g/mol. The molecule has 0 radical (unpaired) electrons. The maximum atomic E-state index is 12.2. The number of nitrogens with zero attached hydrogens (tertiary/aromatic N) is 2. The second kappa shape index (κ2) is 6.22. The van der Waals surface area contributed by atoms with Crippen LogP contribution in [0, 0.1) is 5.92 Å². The van der Waals surface area contributed by atoms with Crippen LogP contribution in [0.2, 0.25) is 0 Å². The Morgan fingerprint density at radius 1 is 1.17 bits per heavy atom. The number of fused-ring (bicyclic) bond motifs is 4. The van der Waals surface area contributed by atoms with E-state index in [4.69, 9.17) is 0 Å². The van der Waals surface area contributed by atoms with Gasteiger partial charge in [0, 0.05) is 32.7 Å². The molecule has 7 heteroatoms. The first-order chi connectivity index (χ1) is 10.9. The van der Waals surface area contributed by atoms with Crippen LogP contribution >= 0.6 is 0 Å². The number of nitrogens with one attached hydrogen (secondary N) is 1. The smallest absolute Gasteiger partial charge is 0.240 e. The van der Waals surface area contributed by atoms with E-state index in [2.05, 4.69) is 9.62 Å². The fourth-order valence-corrected chi connectivity index (χ4v) is 4.26. The average Bonchev–Trinajstić information content (AvgIpc) is 2.81. The van der Waals surface area contributed by atoms with Crippen molar-refractivity contribution in [1.82, 2.24) is 14.5 Å². The van der Waals surface area contributed by atoms with Crippen LogP contribution < -0.4 is 4.72 Å². The van der Waals surface area contributed by atoms with E-state index in [-0.39, 0.29) is 16.7 Å². The Morgan fingerprint density at radius 3 is 2.52 bits per heavy atom. The van der Waals surface area contributed by atoms with Crippen molar-refractivity contribution in [2.45, 2.75) is 30.3 Å². The number of hydrogen-bond donors (Lipinski definition) is 1. The number of sulfonamides is 1. The van der Waals surface area contributed by atoms with Crippen LogP contribution in [0.25, 0.3) is 0 Å². The van der Waals surface area contributed by atoms with Crippen molar-refractivity contribution in [3.05, 3.63) is 29.8 Å². The Hall–Kier alpha value is -1.44. The standard InChI is InChI=1S/C16H23N3O3S/c1-17-23(21,22)15-7-3-12(4-8-15)9-19-10-13-5-6-14(11-19)18(2)16(13)20/h3-4,7-8,13-14,17H,5-6,9-11H2,1-2H3/t13-,14+/m0/s1. The molecule has 3 heterocycles. The molecule has 0 unspecified atom stereocenters. The predicted octanol–water partition coefficient (Wildman–Crippen LogP) is 0.647. The van der Waals surface area contributed by atoms with Crippen molar-refractivity contribution in [3.63, 3.8) is 0 Å². The van der Waals surface area contributed by atoms with Crippen LogP contribution in [0.5, 0.6) is 0 Å². The third-order valence-electron chi connectivity index (χ3n) is 4.95. The third-order valence-corrected chi connectivity index (χ3v) is 6.38. The van der Waals surface area contributed by atoms with Gasteiger partial charge in [-0.1, -0.05) is 12.1 Å². The summed E-state index contributed by atoms with van der Waals surface area (Å²) < 4.78 is 25.8. The van der Waals surface area contributed by atoms with E-state index in [9.17, 15) is 13.2 Å². The molecule has 3 fully saturated rings. The Morgan fingerprint density at radius 2 is 1.87 bits per heavy atom. The zero-order valence-corrected chi connectivity index (χ0v) is 14.3. The van der Waals surface area contributed by atoms with Crippen LogP contribution in [0.4, 0.5) is 0 Å².